The van der Waals surface area contributed by atoms with Crippen LogP contribution in [0.15, 0.2) is 54.1 Å². The fourth-order valence-corrected chi connectivity index (χ4v) is 6.44. The quantitative estimate of drug-likeness (QED) is 0.254. The highest BCUT2D eigenvalue weighted by Crippen LogP contribution is 2.38. The van der Waals surface area contributed by atoms with Crippen molar-refractivity contribution >= 4 is 34.4 Å². The second-order valence-corrected chi connectivity index (χ2v) is 11.8. The SMILES string of the molecule is COc1cc(CO)cc(I)c1OC1C=C(C(=O)NCCO)CC(N(Cc2ccccc2)C(=O)CC2CCCC2)C1O. The number of ether oxygens (including phenoxy) is 2. The van der Waals surface area contributed by atoms with E-state index in [1.165, 1.54) is 7.11 Å². The van der Waals surface area contributed by atoms with Crippen LogP contribution in [0, 0.1) is 9.49 Å². The van der Waals surface area contributed by atoms with Crippen LogP contribution in [0.3, 0.4) is 0 Å². The van der Waals surface area contributed by atoms with Crippen LogP contribution < -0.4 is 14.8 Å². The number of aliphatic hydroxyl groups is 3. The van der Waals surface area contributed by atoms with E-state index in [0.717, 1.165) is 31.2 Å². The normalized spacial score (nSPS) is 20.8. The minimum Gasteiger partial charge on any atom is -0.493 e. The third-order valence-electron chi connectivity index (χ3n) is 7.79. The summed E-state index contributed by atoms with van der Waals surface area (Å²) in [6, 6.07) is 12.3. The van der Waals surface area contributed by atoms with Crippen molar-refractivity contribution in [2.75, 3.05) is 20.3 Å². The van der Waals surface area contributed by atoms with E-state index in [0.29, 0.717) is 45.1 Å². The minimum atomic E-state index is -1.14. The van der Waals surface area contributed by atoms with Gasteiger partial charge in [-0.2, -0.15) is 0 Å². The lowest BCUT2D eigenvalue weighted by atomic mass is 9.87. The number of hydrogen-bond donors (Lipinski definition) is 4. The van der Waals surface area contributed by atoms with E-state index in [-0.39, 0.29) is 38.0 Å². The molecule has 3 atom stereocenters. The molecular formula is C31H39IN2O7. The van der Waals surface area contributed by atoms with E-state index in [9.17, 15) is 24.9 Å². The summed E-state index contributed by atoms with van der Waals surface area (Å²) in [4.78, 5) is 28.7. The van der Waals surface area contributed by atoms with Crippen molar-refractivity contribution in [3.8, 4) is 11.5 Å². The number of benzene rings is 2. The van der Waals surface area contributed by atoms with Crippen molar-refractivity contribution in [1.29, 1.82) is 0 Å². The molecule has 2 amide bonds. The Morgan fingerprint density at radius 2 is 1.83 bits per heavy atom. The van der Waals surface area contributed by atoms with Crippen LogP contribution in [-0.2, 0) is 22.7 Å². The van der Waals surface area contributed by atoms with Crippen molar-refractivity contribution in [2.45, 2.75) is 69.9 Å². The number of amides is 2. The van der Waals surface area contributed by atoms with E-state index >= 15 is 0 Å². The van der Waals surface area contributed by atoms with Gasteiger partial charge in [-0.15, -0.1) is 0 Å². The molecule has 0 radical (unpaired) electrons. The third kappa shape index (κ3) is 8.00. The molecule has 0 saturated heterocycles. The summed E-state index contributed by atoms with van der Waals surface area (Å²) < 4.78 is 12.5. The molecule has 0 heterocycles. The number of halogens is 1. The maximum Gasteiger partial charge on any atom is 0.247 e. The molecule has 222 valence electrons. The Hall–Kier alpha value is -2.67. The molecule has 2 aliphatic rings. The first-order valence-electron chi connectivity index (χ1n) is 14.1. The van der Waals surface area contributed by atoms with Gasteiger partial charge >= 0.3 is 0 Å². The Morgan fingerprint density at radius 1 is 1.10 bits per heavy atom. The van der Waals surface area contributed by atoms with Gasteiger partial charge in [-0.25, -0.2) is 0 Å². The van der Waals surface area contributed by atoms with Gasteiger partial charge in [-0.05, 0) is 70.7 Å². The highest BCUT2D eigenvalue weighted by atomic mass is 127. The van der Waals surface area contributed by atoms with Crippen LogP contribution in [0.2, 0.25) is 0 Å². The Morgan fingerprint density at radius 3 is 2.49 bits per heavy atom. The van der Waals surface area contributed by atoms with Crippen LogP contribution in [0.4, 0.5) is 0 Å². The monoisotopic (exact) mass is 678 g/mol. The number of nitrogens with zero attached hydrogens (tertiary/aromatic N) is 1. The molecule has 0 aliphatic heterocycles. The van der Waals surface area contributed by atoms with E-state index in [1.54, 1.807) is 23.1 Å². The third-order valence-corrected chi connectivity index (χ3v) is 8.60. The maximum absolute atomic E-state index is 13.9. The predicted molar refractivity (Wildman–Crippen MR) is 162 cm³/mol. The van der Waals surface area contributed by atoms with Gasteiger partial charge in [-0.1, -0.05) is 43.2 Å². The molecule has 3 unspecified atom stereocenters. The number of aliphatic hydroxyl groups excluding tert-OH is 3. The summed E-state index contributed by atoms with van der Waals surface area (Å²) in [5, 5.41) is 33.3. The van der Waals surface area contributed by atoms with Crippen LogP contribution in [-0.4, -0.2) is 70.5 Å². The summed E-state index contributed by atoms with van der Waals surface area (Å²) in [5.74, 6) is 0.624. The molecule has 1 saturated carbocycles. The van der Waals surface area contributed by atoms with Crippen LogP contribution in [0.1, 0.15) is 49.7 Å². The molecule has 2 aliphatic carbocycles. The van der Waals surface area contributed by atoms with Gasteiger partial charge < -0.3 is 35.0 Å². The average molecular weight is 679 g/mol. The van der Waals surface area contributed by atoms with E-state index in [1.807, 2.05) is 30.3 Å². The zero-order valence-corrected chi connectivity index (χ0v) is 25.5. The average Bonchev–Trinajstić information content (AvgIpc) is 3.50. The summed E-state index contributed by atoms with van der Waals surface area (Å²) >= 11 is 2.08. The first-order valence-corrected chi connectivity index (χ1v) is 15.2. The predicted octanol–water partition coefficient (Wildman–Crippen LogP) is 3.32. The van der Waals surface area contributed by atoms with Gasteiger partial charge in [-0.3, -0.25) is 9.59 Å². The van der Waals surface area contributed by atoms with Gasteiger partial charge in [0.15, 0.2) is 11.5 Å². The molecule has 2 aromatic carbocycles. The first kappa shape index (κ1) is 31.3. The molecule has 0 bridgehead atoms. The molecule has 10 heteroatoms. The fraction of sp³-hybridized carbons (Fsp3) is 0.484. The number of rotatable bonds is 12. The van der Waals surface area contributed by atoms with Gasteiger partial charge in [0.1, 0.15) is 12.2 Å². The number of carbonyl (C=O) groups is 2. The van der Waals surface area contributed by atoms with Crippen LogP contribution in [0.25, 0.3) is 0 Å². The zero-order chi connectivity index (χ0) is 29.4. The second-order valence-electron chi connectivity index (χ2n) is 10.6. The fourth-order valence-electron chi connectivity index (χ4n) is 5.64. The molecule has 9 nitrogen and oxygen atoms in total. The topological polar surface area (TPSA) is 129 Å². The van der Waals surface area contributed by atoms with Crippen molar-refractivity contribution in [1.82, 2.24) is 10.2 Å². The van der Waals surface area contributed by atoms with Crippen molar-refractivity contribution in [2.24, 2.45) is 5.92 Å². The largest absolute Gasteiger partial charge is 0.493 e. The van der Waals surface area contributed by atoms with Crippen molar-refractivity contribution < 1.29 is 34.4 Å². The first-order chi connectivity index (χ1) is 19.8. The Kier molecular flexibility index (Phi) is 11.4. The van der Waals surface area contributed by atoms with Gasteiger partial charge in [0.25, 0.3) is 0 Å². The smallest absolute Gasteiger partial charge is 0.247 e. The molecular weight excluding hydrogens is 639 g/mol. The minimum absolute atomic E-state index is 0.0555. The molecule has 1 fully saturated rings. The summed E-state index contributed by atoms with van der Waals surface area (Å²) in [5.41, 5.74) is 1.94. The number of nitrogens with one attached hydrogen (secondary N) is 1. The molecule has 4 N–H and O–H groups in total. The lowest BCUT2D eigenvalue weighted by Crippen LogP contribution is -2.55. The van der Waals surface area contributed by atoms with Gasteiger partial charge in [0, 0.05) is 31.5 Å². The lowest BCUT2D eigenvalue weighted by Gasteiger charge is -2.41. The van der Waals surface area contributed by atoms with E-state index < -0.39 is 18.2 Å². The highest BCUT2D eigenvalue weighted by Gasteiger charge is 2.41. The molecule has 2 aromatic rings. The Balaban J connectivity index is 1.70. The number of hydrogen-bond acceptors (Lipinski definition) is 7. The highest BCUT2D eigenvalue weighted by molar-refractivity contribution is 14.1. The summed E-state index contributed by atoms with van der Waals surface area (Å²) in [6.45, 7) is -0.0129. The summed E-state index contributed by atoms with van der Waals surface area (Å²) in [7, 11) is 1.49. The molecule has 4 rings (SSSR count). The van der Waals surface area contributed by atoms with Gasteiger partial charge in [0.2, 0.25) is 11.8 Å². The van der Waals surface area contributed by atoms with E-state index in [2.05, 4.69) is 27.9 Å². The standard InChI is InChI=1S/C31H39IN2O7/c1-40-27-14-22(19-36)13-24(32)30(27)41-26-17-23(31(39)33-11-12-35)16-25(29(26)38)34(18-21-9-3-2-4-10-21)28(37)15-20-7-5-6-8-20/h2-4,9-10,13-14,17,20,25-26,29,35-36,38H,5-8,11-12,15-16,18-19H2,1H3,(H,33,39). The Labute approximate surface area is 254 Å². The molecule has 0 aromatic heterocycles. The lowest BCUT2D eigenvalue weighted by molar-refractivity contribution is -0.140. The number of methoxy groups -OCH3 is 1. The van der Waals surface area contributed by atoms with Crippen LogP contribution >= 0.6 is 22.6 Å². The Bertz CT molecular complexity index is 1220. The zero-order valence-electron chi connectivity index (χ0n) is 23.3. The van der Waals surface area contributed by atoms with Crippen molar-refractivity contribution in [3.63, 3.8) is 0 Å². The van der Waals surface area contributed by atoms with Gasteiger partial charge in [0.05, 0.1) is 29.9 Å². The second kappa shape index (κ2) is 15.0. The summed E-state index contributed by atoms with van der Waals surface area (Å²) in [6.07, 6.45) is 4.28. The van der Waals surface area contributed by atoms with E-state index in [4.69, 9.17) is 9.47 Å². The van der Waals surface area contributed by atoms with Crippen molar-refractivity contribution in [3.05, 3.63) is 68.8 Å². The maximum atomic E-state index is 13.9. The van der Waals surface area contributed by atoms with Crippen LogP contribution in [0.5, 0.6) is 11.5 Å². The molecule has 0 spiro atoms. The number of carbonyl (C=O) groups excluding carboxylic acids is 2. The molecule has 41 heavy (non-hydrogen) atoms.